The minimum atomic E-state index is -3.82. The fourth-order valence-corrected chi connectivity index (χ4v) is 3.17. The van der Waals surface area contributed by atoms with Crippen LogP contribution in [0.25, 0.3) is 0 Å². The topological polar surface area (TPSA) is 144 Å². The van der Waals surface area contributed by atoms with Crippen LogP contribution in [0.5, 0.6) is 0 Å². The molecule has 9 heteroatoms. The molecular formula is C11H15N2O6P. The van der Waals surface area contributed by atoms with Gasteiger partial charge in [0.25, 0.3) is 5.69 Å². The van der Waals surface area contributed by atoms with E-state index in [0.717, 1.165) is 6.07 Å². The van der Waals surface area contributed by atoms with Crippen LogP contribution in [0.4, 0.5) is 5.69 Å². The van der Waals surface area contributed by atoms with Gasteiger partial charge in [-0.05, 0) is 12.0 Å². The van der Waals surface area contributed by atoms with Crippen LogP contribution >= 0.6 is 7.37 Å². The van der Waals surface area contributed by atoms with Crippen molar-refractivity contribution in [1.29, 1.82) is 0 Å². The fourth-order valence-electron chi connectivity index (χ4n) is 1.65. The van der Waals surface area contributed by atoms with E-state index in [1.807, 2.05) is 0 Å². The predicted molar refractivity (Wildman–Crippen MR) is 71.6 cm³/mol. The summed E-state index contributed by atoms with van der Waals surface area (Å²) >= 11 is 0. The summed E-state index contributed by atoms with van der Waals surface area (Å²) in [5.74, 6) is -2.33. The van der Waals surface area contributed by atoms with Crippen LogP contribution < -0.4 is 5.73 Å². The van der Waals surface area contributed by atoms with E-state index >= 15 is 0 Å². The Morgan fingerprint density at radius 1 is 1.50 bits per heavy atom. The molecule has 1 aromatic rings. The second kappa shape index (κ2) is 6.60. The molecule has 0 saturated heterocycles. The van der Waals surface area contributed by atoms with Crippen LogP contribution in [0.3, 0.4) is 0 Å². The molecule has 0 spiro atoms. The standard InChI is InChI=1S/C11H15N2O6P/c12-11(20(18,19)6-2-5-10(14)15)8-3-1-4-9(7-8)13(16)17/h1,3-4,7,11H,2,5-6,12H2,(H,14,15)(H,18,19). The van der Waals surface area contributed by atoms with Gasteiger partial charge in [0.2, 0.25) is 7.37 Å². The summed E-state index contributed by atoms with van der Waals surface area (Å²) in [5.41, 5.74) is 5.64. The lowest BCUT2D eigenvalue weighted by molar-refractivity contribution is -0.384. The van der Waals surface area contributed by atoms with Gasteiger partial charge in [-0.25, -0.2) is 0 Å². The average Bonchev–Trinajstić information content (AvgIpc) is 2.37. The summed E-state index contributed by atoms with van der Waals surface area (Å²) in [6.07, 6.45) is -0.457. The van der Waals surface area contributed by atoms with E-state index in [9.17, 15) is 24.4 Å². The average molecular weight is 302 g/mol. The third-order valence-electron chi connectivity index (χ3n) is 2.73. The van der Waals surface area contributed by atoms with Crippen LogP contribution in [-0.4, -0.2) is 27.1 Å². The first-order chi connectivity index (χ1) is 9.24. The number of aliphatic carboxylic acids is 1. The van der Waals surface area contributed by atoms with E-state index in [1.54, 1.807) is 0 Å². The van der Waals surface area contributed by atoms with E-state index in [0.29, 0.717) is 0 Å². The number of rotatable bonds is 7. The Morgan fingerprint density at radius 3 is 2.70 bits per heavy atom. The number of hydrogen-bond acceptors (Lipinski definition) is 5. The normalized spacial score (nSPS) is 15.3. The lowest BCUT2D eigenvalue weighted by Crippen LogP contribution is -2.13. The number of nitrogens with zero attached hydrogens (tertiary/aromatic N) is 1. The zero-order valence-electron chi connectivity index (χ0n) is 10.5. The van der Waals surface area contributed by atoms with Crippen molar-refractivity contribution in [1.82, 2.24) is 0 Å². The minimum absolute atomic E-state index is 0.0196. The molecule has 0 fully saturated rings. The van der Waals surface area contributed by atoms with E-state index in [-0.39, 0.29) is 30.3 Å². The zero-order chi connectivity index (χ0) is 15.3. The lowest BCUT2D eigenvalue weighted by Gasteiger charge is -2.19. The molecule has 0 aliphatic carbocycles. The first-order valence-corrected chi connectivity index (χ1v) is 7.68. The van der Waals surface area contributed by atoms with Crippen molar-refractivity contribution in [3.8, 4) is 0 Å². The van der Waals surface area contributed by atoms with E-state index in [4.69, 9.17) is 10.8 Å². The summed E-state index contributed by atoms with van der Waals surface area (Å²) in [6, 6.07) is 5.20. The summed E-state index contributed by atoms with van der Waals surface area (Å²) in [5, 5.41) is 19.1. The van der Waals surface area contributed by atoms with Crippen LogP contribution in [0, 0.1) is 10.1 Å². The summed E-state index contributed by atoms with van der Waals surface area (Å²) in [7, 11) is -3.82. The number of non-ortho nitro benzene ring substituents is 1. The van der Waals surface area contributed by atoms with E-state index in [2.05, 4.69) is 0 Å². The number of nitrogens with two attached hydrogens (primary N) is 1. The lowest BCUT2D eigenvalue weighted by atomic mass is 10.2. The molecule has 110 valence electrons. The molecule has 1 rings (SSSR count). The maximum atomic E-state index is 12.0. The van der Waals surface area contributed by atoms with E-state index in [1.165, 1.54) is 18.2 Å². The molecule has 0 aliphatic rings. The highest BCUT2D eigenvalue weighted by Gasteiger charge is 2.29. The van der Waals surface area contributed by atoms with Crippen molar-refractivity contribution in [2.45, 2.75) is 18.6 Å². The maximum Gasteiger partial charge on any atom is 0.303 e. The van der Waals surface area contributed by atoms with Gasteiger partial charge >= 0.3 is 5.97 Å². The molecule has 0 saturated carbocycles. The monoisotopic (exact) mass is 302 g/mol. The number of hydrogen-bond donors (Lipinski definition) is 3. The maximum absolute atomic E-state index is 12.0. The van der Waals surface area contributed by atoms with Crippen molar-refractivity contribution >= 4 is 19.0 Å². The Bertz CT molecular complexity index is 562. The predicted octanol–water partition coefficient (Wildman–Crippen LogP) is 1.69. The summed E-state index contributed by atoms with van der Waals surface area (Å²) in [4.78, 5) is 30.2. The molecule has 0 aliphatic heterocycles. The summed E-state index contributed by atoms with van der Waals surface area (Å²) < 4.78 is 12.0. The molecule has 1 aromatic carbocycles. The Hall–Kier alpha value is -1.76. The third-order valence-corrected chi connectivity index (χ3v) is 4.85. The van der Waals surface area contributed by atoms with Gasteiger partial charge < -0.3 is 15.7 Å². The SMILES string of the molecule is NC(c1cccc([N+](=O)[O-])c1)P(=O)(O)CCCC(=O)O. The molecule has 2 atom stereocenters. The molecule has 0 amide bonds. The van der Waals surface area contributed by atoms with Crippen molar-refractivity contribution in [3.05, 3.63) is 39.9 Å². The van der Waals surface area contributed by atoms with Crippen LogP contribution in [0.15, 0.2) is 24.3 Å². The molecular weight excluding hydrogens is 287 g/mol. The highest BCUT2D eigenvalue weighted by atomic mass is 31.2. The van der Waals surface area contributed by atoms with Gasteiger partial charge in [0.15, 0.2) is 0 Å². The molecule has 20 heavy (non-hydrogen) atoms. The Morgan fingerprint density at radius 2 is 2.15 bits per heavy atom. The molecule has 8 nitrogen and oxygen atoms in total. The number of carboxylic acid groups (broad SMARTS) is 1. The number of nitro benzene ring substituents is 1. The third kappa shape index (κ3) is 4.41. The van der Waals surface area contributed by atoms with Gasteiger partial charge in [-0.3, -0.25) is 19.5 Å². The highest BCUT2D eigenvalue weighted by Crippen LogP contribution is 2.53. The quantitative estimate of drug-likeness (QED) is 0.395. The molecule has 0 bridgehead atoms. The van der Waals surface area contributed by atoms with Gasteiger partial charge in [-0.1, -0.05) is 12.1 Å². The van der Waals surface area contributed by atoms with Crippen LogP contribution in [0.1, 0.15) is 24.2 Å². The van der Waals surface area contributed by atoms with Crippen molar-refractivity contribution in [3.63, 3.8) is 0 Å². The summed E-state index contributed by atoms with van der Waals surface area (Å²) in [6.45, 7) is 0. The van der Waals surface area contributed by atoms with Crippen molar-refractivity contribution in [2.24, 2.45) is 5.73 Å². The second-order valence-electron chi connectivity index (χ2n) is 4.27. The minimum Gasteiger partial charge on any atom is -0.481 e. The zero-order valence-corrected chi connectivity index (χ0v) is 11.4. The molecule has 0 aromatic heterocycles. The second-order valence-corrected chi connectivity index (χ2v) is 6.79. The molecule has 4 N–H and O–H groups in total. The van der Waals surface area contributed by atoms with Gasteiger partial charge in [-0.15, -0.1) is 0 Å². The first-order valence-electron chi connectivity index (χ1n) is 5.77. The first kappa shape index (κ1) is 16.3. The number of carboxylic acids is 1. The van der Waals surface area contributed by atoms with Crippen LogP contribution in [-0.2, 0) is 9.36 Å². The number of carbonyl (C=O) groups is 1. The molecule has 2 unspecified atom stereocenters. The largest absolute Gasteiger partial charge is 0.481 e. The van der Waals surface area contributed by atoms with Gasteiger partial charge in [0.1, 0.15) is 5.78 Å². The number of benzene rings is 1. The van der Waals surface area contributed by atoms with Gasteiger partial charge in [0.05, 0.1) is 4.92 Å². The Balaban J connectivity index is 2.84. The highest BCUT2D eigenvalue weighted by molar-refractivity contribution is 7.58. The van der Waals surface area contributed by atoms with Gasteiger partial charge in [-0.2, -0.15) is 0 Å². The molecule has 0 heterocycles. The van der Waals surface area contributed by atoms with Crippen molar-refractivity contribution in [2.75, 3.05) is 6.16 Å². The molecule has 0 radical (unpaired) electrons. The smallest absolute Gasteiger partial charge is 0.303 e. The van der Waals surface area contributed by atoms with Crippen LogP contribution in [0.2, 0.25) is 0 Å². The Labute approximate surface area is 114 Å². The number of nitro groups is 1. The fraction of sp³-hybridized carbons (Fsp3) is 0.364. The van der Waals surface area contributed by atoms with E-state index < -0.39 is 24.0 Å². The van der Waals surface area contributed by atoms with Crippen molar-refractivity contribution < 1.29 is 24.3 Å². The Kier molecular flexibility index (Phi) is 5.38. The van der Waals surface area contributed by atoms with Gasteiger partial charge in [0, 0.05) is 24.7 Å².